The van der Waals surface area contributed by atoms with Gasteiger partial charge in [-0.25, -0.2) is 4.79 Å². The maximum absolute atomic E-state index is 12.7. The number of oxazole rings is 1. The van der Waals surface area contributed by atoms with Gasteiger partial charge in [-0.15, -0.1) is 0 Å². The minimum absolute atomic E-state index is 0.0422. The Balaban J connectivity index is 1.49. The molecule has 0 atom stereocenters. The van der Waals surface area contributed by atoms with Crippen LogP contribution in [-0.2, 0) is 0 Å². The van der Waals surface area contributed by atoms with Gasteiger partial charge in [-0.1, -0.05) is 26.0 Å². The monoisotopic (exact) mass is 354 g/mol. The molecule has 7 heteroatoms. The molecule has 0 spiro atoms. The van der Waals surface area contributed by atoms with Gasteiger partial charge in [0.2, 0.25) is 0 Å². The molecule has 1 fully saturated rings. The van der Waals surface area contributed by atoms with Crippen LogP contribution < -0.4 is 5.76 Å². The van der Waals surface area contributed by atoms with Crippen molar-refractivity contribution in [1.29, 1.82) is 0 Å². The van der Waals surface area contributed by atoms with Gasteiger partial charge in [0.05, 0.1) is 5.52 Å². The van der Waals surface area contributed by atoms with Crippen molar-refractivity contribution in [1.82, 2.24) is 19.7 Å². The van der Waals surface area contributed by atoms with Crippen molar-refractivity contribution in [2.75, 3.05) is 13.1 Å². The lowest BCUT2D eigenvalue weighted by Crippen LogP contribution is -2.40. The van der Waals surface area contributed by atoms with Crippen LogP contribution >= 0.6 is 0 Å². The van der Waals surface area contributed by atoms with E-state index in [1.807, 2.05) is 29.2 Å². The summed E-state index contributed by atoms with van der Waals surface area (Å²) in [6, 6.07) is 9.32. The van der Waals surface area contributed by atoms with Gasteiger partial charge in [-0.05, 0) is 37.0 Å². The fourth-order valence-electron chi connectivity index (χ4n) is 3.56. The van der Waals surface area contributed by atoms with E-state index in [0.29, 0.717) is 30.3 Å². The third-order valence-electron chi connectivity index (χ3n) is 5.07. The van der Waals surface area contributed by atoms with Gasteiger partial charge >= 0.3 is 5.76 Å². The van der Waals surface area contributed by atoms with Gasteiger partial charge in [-0.2, -0.15) is 5.10 Å². The lowest BCUT2D eigenvalue weighted by Gasteiger charge is -2.31. The lowest BCUT2D eigenvalue weighted by molar-refractivity contribution is 0.0688. The predicted octanol–water partition coefficient (Wildman–Crippen LogP) is 2.92. The Morgan fingerprint density at radius 1 is 1.27 bits per heavy atom. The maximum Gasteiger partial charge on any atom is 0.420 e. The molecule has 0 radical (unpaired) electrons. The van der Waals surface area contributed by atoms with E-state index in [9.17, 15) is 9.59 Å². The SMILES string of the molecule is CC(C)c1cc(C(=O)N2CCC(n3c(=O)oc4ccccc43)CC2)n[nH]1. The molecule has 0 unspecified atom stereocenters. The van der Waals surface area contributed by atoms with E-state index in [1.165, 1.54) is 0 Å². The summed E-state index contributed by atoms with van der Waals surface area (Å²) < 4.78 is 7.06. The number of para-hydroxylation sites is 2. The number of carbonyl (C=O) groups excluding carboxylic acids is 1. The Kier molecular flexibility index (Phi) is 4.14. The highest BCUT2D eigenvalue weighted by Crippen LogP contribution is 2.26. The van der Waals surface area contributed by atoms with E-state index in [-0.39, 0.29) is 17.7 Å². The molecular formula is C19H22N4O3. The van der Waals surface area contributed by atoms with Crippen molar-refractivity contribution in [2.24, 2.45) is 0 Å². The summed E-state index contributed by atoms with van der Waals surface area (Å²) in [4.78, 5) is 26.7. The number of carbonyl (C=O) groups is 1. The van der Waals surface area contributed by atoms with E-state index in [4.69, 9.17) is 4.42 Å². The van der Waals surface area contributed by atoms with Crippen LogP contribution in [0.5, 0.6) is 0 Å². The molecular weight excluding hydrogens is 332 g/mol. The zero-order chi connectivity index (χ0) is 18.3. The highest BCUT2D eigenvalue weighted by molar-refractivity contribution is 5.92. The van der Waals surface area contributed by atoms with E-state index in [0.717, 1.165) is 24.1 Å². The average molecular weight is 354 g/mol. The summed E-state index contributed by atoms with van der Waals surface area (Å²) >= 11 is 0. The number of nitrogens with one attached hydrogen (secondary N) is 1. The van der Waals surface area contributed by atoms with Crippen LogP contribution in [0.15, 0.2) is 39.5 Å². The summed E-state index contributed by atoms with van der Waals surface area (Å²) in [6.45, 7) is 5.30. The van der Waals surface area contributed by atoms with Crippen LogP contribution in [0, 0.1) is 0 Å². The average Bonchev–Trinajstić information content (AvgIpc) is 3.25. The second-order valence-electron chi connectivity index (χ2n) is 7.09. The summed E-state index contributed by atoms with van der Waals surface area (Å²) in [5.41, 5.74) is 2.84. The molecule has 3 heterocycles. The fraction of sp³-hybridized carbons (Fsp3) is 0.421. The molecule has 1 aromatic carbocycles. The highest BCUT2D eigenvalue weighted by atomic mass is 16.4. The molecule has 3 aromatic rings. The van der Waals surface area contributed by atoms with Gasteiger partial charge in [0.1, 0.15) is 5.69 Å². The van der Waals surface area contributed by atoms with Crippen LogP contribution in [0.4, 0.5) is 0 Å². The third-order valence-corrected chi connectivity index (χ3v) is 5.07. The number of hydrogen-bond acceptors (Lipinski definition) is 4. The number of fused-ring (bicyclic) bond motifs is 1. The molecule has 7 nitrogen and oxygen atoms in total. The van der Waals surface area contributed by atoms with E-state index in [2.05, 4.69) is 24.0 Å². The van der Waals surface area contributed by atoms with Crippen molar-refractivity contribution >= 4 is 17.0 Å². The van der Waals surface area contributed by atoms with Gasteiger partial charge in [0.25, 0.3) is 5.91 Å². The van der Waals surface area contributed by atoms with Crippen LogP contribution in [0.3, 0.4) is 0 Å². The number of benzene rings is 1. The number of hydrogen-bond donors (Lipinski definition) is 1. The van der Waals surface area contributed by atoms with Gasteiger partial charge in [0.15, 0.2) is 5.58 Å². The Morgan fingerprint density at radius 3 is 2.69 bits per heavy atom. The molecule has 26 heavy (non-hydrogen) atoms. The zero-order valence-corrected chi connectivity index (χ0v) is 14.9. The minimum atomic E-state index is -0.329. The molecule has 1 saturated heterocycles. The van der Waals surface area contributed by atoms with Crippen LogP contribution in [0.1, 0.15) is 54.8 Å². The van der Waals surface area contributed by atoms with Crippen molar-refractivity contribution in [3.8, 4) is 0 Å². The molecule has 136 valence electrons. The van der Waals surface area contributed by atoms with Gasteiger partial charge in [0, 0.05) is 24.8 Å². The zero-order valence-electron chi connectivity index (χ0n) is 14.9. The number of aromatic nitrogens is 3. The number of H-pyrrole nitrogens is 1. The normalized spacial score (nSPS) is 15.9. The molecule has 1 N–H and O–H groups in total. The summed E-state index contributed by atoms with van der Waals surface area (Å²) in [7, 11) is 0. The Bertz CT molecular complexity index is 990. The van der Waals surface area contributed by atoms with Crippen LogP contribution in [-0.4, -0.2) is 38.7 Å². The van der Waals surface area contributed by atoms with Crippen LogP contribution in [0.25, 0.3) is 11.1 Å². The molecule has 0 saturated carbocycles. The number of rotatable bonds is 3. The topological polar surface area (TPSA) is 84.1 Å². The number of nitrogens with zero attached hydrogens (tertiary/aromatic N) is 3. The first-order chi connectivity index (χ1) is 12.5. The Hall–Kier alpha value is -2.83. The second-order valence-corrected chi connectivity index (χ2v) is 7.09. The molecule has 0 aliphatic carbocycles. The van der Waals surface area contributed by atoms with E-state index < -0.39 is 0 Å². The van der Waals surface area contributed by atoms with Crippen LogP contribution in [0.2, 0.25) is 0 Å². The smallest absolute Gasteiger partial charge is 0.408 e. The van der Waals surface area contributed by atoms with Crippen molar-refractivity contribution in [3.63, 3.8) is 0 Å². The van der Waals surface area contributed by atoms with E-state index in [1.54, 1.807) is 10.6 Å². The number of likely N-dealkylation sites (tertiary alicyclic amines) is 1. The lowest BCUT2D eigenvalue weighted by atomic mass is 10.0. The first kappa shape index (κ1) is 16.6. The molecule has 1 aliphatic heterocycles. The van der Waals surface area contributed by atoms with Gasteiger partial charge in [-0.3, -0.25) is 14.5 Å². The molecule has 0 bridgehead atoms. The maximum atomic E-state index is 12.7. The number of aromatic amines is 1. The first-order valence-electron chi connectivity index (χ1n) is 8.99. The molecule has 1 amide bonds. The molecule has 4 rings (SSSR count). The van der Waals surface area contributed by atoms with Crippen molar-refractivity contribution in [2.45, 2.75) is 38.6 Å². The van der Waals surface area contributed by atoms with Crippen molar-refractivity contribution < 1.29 is 9.21 Å². The molecule has 2 aromatic heterocycles. The Morgan fingerprint density at radius 2 is 2.00 bits per heavy atom. The second kappa shape index (κ2) is 6.48. The number of amides is 1. The Labute approximate surface area is 150 Å². The first-order valence-corrected chi connectivity index (χ1v) is 8.99. The largest absolute Gasteiger partial charge is 0.420 e. The highest BCUT2D eigenvalue weighted by Gasteiger charge is 2.28. The van der Waals surface area contributed by atoms with Gasteiger partial charge < -0.3 is 9.32 Å². The predicted molar refractivity (Wildman–Crippen MR) is 97.3 cm³/mol. The standard InChI is InChI=1S/C19H22N4O3/c1-12(2)14-11-15(21-20-14)18(24)22-9-7-13(8-10-22)23-16-5-3-4-6-17(16)26-19(23)25/h3-6,11-13H,7-10H2,1-2H3,(H,20,21). The quantitative estimate of drug-likeness (QED) is 0.784. The van der Waals surface area contributed by atoms with Crippen molar-refractivity contribution in [3.05, 3.63) is 52.3 Å². The third kappa shape index (κ3) is 2.83. The number of piperidine rings is 1. The summed E-state index contributed by atoms with van der Waals surface area (Å²) in [6.07, 6.45) is 1.44. The summed E-state index contributed by atoms with van der Waals surface area (Å²) in [5, 5.41) is 7.08. The summed E-state index contributed by atoms with van der Waals surface area (Å²) in [5.74, 6) is -0.0862. The molecule has 1 aliphatic rings. The minimum Gasteiger partial charge on any atom is -0.408 e. The van der Waals surface area contributed by atoms with E-state index >= 15 is 0 Å². The fourth-order valence-corrected chi connectivity index (χ4v) is 3.56.